The molecule has 10 heteroatoms. The van der Waals surface area contributed by atoms with Gasteiger partial charge in [-0.25, -0.2) is 12.4 Å². The molecule has 0 bridgehead atoms. The molecule has 1 aliphatic heterocycles. The maximum Gasteiger partial charge on any atom is 0.273 e. The second-order valence-corrected chi connectivity index (χ2v) is 11.7. The molecular formula is C31H33N5O4S. The van der Waals surface area contributed by atoms with Crippen LogP contribution in [0.4, 0.5) is 11.4 Å². The summed E-state index contributed by atoms with van der Waals surface area (Å²) in [5.41, 5.74) is 7.12. The predicted octanol–water partition coefficient (Wildman–Crippen LogP) is 3.73. The van der Waals surface area contributed by atoms with Gasteiger partial charge in [0.15, 0.2) is 0 Å². The standard InChI is InChI=1S/C31H33N5O4S/c1-2-15-34-17-19-35(20-18-34)16-8-21-40-25-13-14-29-24(22-25)23-30(31(37)33-28-12-7-6-11-27(28)32)36(29)41(38,39)26-9-4-3-5-10-26/h1,3-7,9-14,22-23H,8,15-21,32H2,(H,33,37). The van der Waals surface area contributed by atoms with Gasteiger partial charge in [-0.1, -0.05) is 36.3 Å². The number of nitrogen functional groups attached to an aromatic ring is 1. The van der Waals surface area contributed by atoms with Crippen LogP contribution in [0.3, 0.4) is 0 Å². The molecule has 0 unspecified atom stereocenters. The lowest BCUT2D eigenvalue weighted by molar-refractivity contribution is 0.102. The van der Waals surface area contributed by atoms with E-state index in [1.807, 2.05) is 0 Å². The lowest BCUT2D eigenvalue weighted by Gasteiger charge is -2.33. The van der Waals surface area contributed by atoms with Crippen LogP contribution in [0.25, 0.3) is 10.9 Å². The van der Waals surface area contributed by atoms with Gasteiger partial charge in [-0.2, -0.15) is 0 Å². The summed E-state index contributed by atoms with van der Waals surface area (Å²) in [7, 11) is -4.09. The number of terminal acetylenes is 1. The number of hydrogen-bond donors (Lipinski definition) is 2. The molecule has 1 aromatic heterocycles. The van der Waals surface area contributed by atoms with Gasteiger partial charge in [0.1, 0.15) is 11.4 Å². The molecule has 0 radical (unpaired) electrons. The first-order valence-corrected chi connectivity index (χ1v) is 14.9. The number of para-hydroxylation sites is 2. The summed E-state index contributed by atoms with van der Waals surface area (Å²) in [5.74, 6) is 2.71. The predicted molar refractivity (Wildman–Crippen MR) is 162 cm³/mol. The first-order valence-electron chi connectivity index (χ1n) is 13.5. The van der Waals surface area contributed by atoms with Gasteiger partial charge in [0.25, 0.3) is 15.9 Å². The SMILES string of the molecule is C#CCN1CCN(CCCOc2ccc3c(c2)cc(C(=O)Nc2ccccc2N)n3S(=O)(=O)c2ccccc2)CC1. The maximum atomic E-state index is 13.8. The van der Waals surface area contributed by atoms with Crippen molar-refractivity contribution in [1.82, 2.24) is 13.8 Å². The van der Waals surface area contributed by atoms with Crippen molar-refractivity contribution in [2.45, 2.75) is 11.3 Å². The molecule has 0 atom stereocenters. The fourth-order valence-corrected chi connectivity index (χ4v) is 6.48. The Kier molecular flexibility index (Phi) is 8.59. The van der Waals surface area contributed by atoms with Crippen molar-refractivity contribution >= 4 is 38.2 Å². The van der Waals surface area contributed by atoms with Crippen LogP contribution in [-0.4, -0.2) is 74.0 Å². The van der Waals surface area contributed by atoms with Gasteiger partial charge in [0.05, 0.1) is 34.9 Å². The number of ether oxygens (including phenoxy) is 1. The van der Waals surface area contributed by atoms with E-state index in [2.05, 4.69) is 21.0 Å². The molecule has 0 aliphatic carbocycles. The topological polar surface area (TPSA) is 110 Å². The Morgan fingerprint density at radius 3 is 2.39 bits per heavy atom. The molecular weight excluding hydrogens is 538 g/mol. The average Bonchev–Trinajstić information content (AvgIpc) is 3.38. The monoisotopic (exact) mass is 571 g/mol. The highest BCUT2D eigenvalue weighted by molar-refractivity contribution is 7.90. The largest absolute Gasteiger partial charge is 0.494 e. The van der Waals surface area contributed by atoms with Crippen molar-refractivity contribution in [2.24, 2.45) is 0 Å². The molecule has 3 N–H and O–H groups in total. The maximum absolute atomic E-state index is 13.8. The zero-order valence-electron chi connectivity index (χ0n) is 22.7. The summed E-state index contributed by atoms with van der Waals surface area (Å²) in [4.78, 5) is 18.2. The third-order valence-corrected chi connectivity index (χ3v) is 8.86. The fraction of sp³-hybridized carbons (Fsp3) is 0.258. The number of amides is 1. The van der Waals surface area contributed by atoms with Gasteiger partial charge in [-0.05, 0) is 55.0 Å². The number of nitrogens with zero attached hydrogens (tertiary/aromatic N) is 3. The molecule has 1 fully saturated rings. The number of rotatable bonds is 10. The van der Waals surface area contributed by atoms with E-state index < -0.39 is 15.9 Å². The highest BCUT2D eigenvalue weighted by Crippen LogP contribution is 2.30. The van der Waals surface area contributed by atoms with Crippen LogP contribution in [0.2, 0.25) is 0 Å². The van der Waals surface area contributed by atoms with Gasteiger partial charge >= 0.3 is 0 Å². The van der Waals surface area contributed by atoms with Crippen molar-refractivity contribution < 1.29 is 17.9 Å². The van der Waals surface area contributed by atoms with Gasteiger partial charge < -0.3 is 20.7 Å². The van der Waals surface area contributed by atoms with Crippen LogP contribution in [0.5, 0.6) is 5.75 Å². The first-order chi connectivity index (χ1) is 19.9. The molecule has 5 rings (SSSR count). The zero-order chi connectivity index (χ0) is 28.8. The minimum absolute atomic E-state index is 0.0340. The van der Waals surface area contributed by atoms with Gasteiger partial charge in [0.2, 0.25) is 0 Å². The molecule has 1 amide bonds. The molecule has 4 aromatic rings. The summed E-state index contributed by atoms with van der Waals surface area (Å²) in [6.45, 7) is 6.03. The number of nitrogens with one attached hydrogen (secondary N) is 1. The minimum Gasteiger partial charge on any atom is -0.494 e. The highest BCUT2D eigenvalue weighted by atomic mass is 32.2. The first kappa shape index (κ1) is 28.2. The van der Waals surface area contributed by atoms with Crippen LogP contribution in [-0.2, 0) is 10.0 Å². The number of nitrogens with two attached hydrogens (primary N) is 1. The summed E-state index contributed by atoms with van der Waals surface area (Å²) in [5, 5.41) is 3.32. The van der Waals surface area contributed by atoms with Crippen molar-refractivity contribution in [2.75, 3.05) is 56.9 Å². The second kappa shape index (κ2) is 12.5. The number of hydrogen-bond acceptors (Lipinski definition) is 7. The highest BCUT2D eigenvalue weighted by Gasteiger charge is 2.27. The molecule has 212 valence electrons. The van der Waals surface area contributed by atoms with E-state index >= 15 is 0 Å². The second-order valence-electron chi connectivity index (χ2n) is 9.90. The molecule has 41 heavy (non-hydrogen) atoms. The molecule has 3 aromatic carbocycles. The number of benzene rings is 3. The van der Waals surface area contributed by atoms with E-state index in [4.69, 9.17) is 16.9 Å². The molecule has 9 nitrogen and oxygen atoms in total. The number of fused-ring (bicyclic) bond motifs is 1. The fourth-order valence-electron chi connectivity index (χ4n) is 4.95. The smallest absolute Gasteiger partial charge is 0.273 e. The number of carbonyl (C=O) groups is 1. The number of carbonyl (C=O) groups excluding carboxylic acids is 1. The average molecular weight is 572 g/mol. The van der Waals surface area contributed by atoms with E-state index in [0.717, 1.165) is 43.1 Å². The zero-order valence-corrected chi connectivity index (χ0v) is 23.5. The van der Waals surface area contributed by atoms with E-state index in [-0.39, 0.29) is 10.6 Å². The third kappa shape index (κ3) is 6.38. The normalized spacial score (nSPS) is 14.5. The van der Waals surface area contributed by atoms with Crippen LogP contribution < -0.4 is 15.8 Å². The summed E-state index contributed by atoms with van der Waals surface area (Å²) in [6.07, 6.45) is 6.26. The summed E-state index contributed by atoms with van der Waals surface area (Å²) >= 11 is 0. The number of anilines is 2. The molecule has 0 saturated carbocycles. The molecule has 2 heterocycles. The third-order valence-electron chi connectivity index (χ3n) is 7.12. The Balaban J connectivity index is 1.36. The lowest BCUT2D eigenvalue weighted by Crippen LogP contribution is -2.46. The minimum atomic E-state index is -4.09. The Morgan fingerprint density at radius 2 is 1.66 bits per heavy atom. The van der Waals surface area contributed by atoms with E-state index in [9.17, 15) is 13.2 Å². The van der Waals surface area contributed by atoms with Crippen LogP contribution in [0.15, 0.2) is 83.8 Å². The molecule has 1 aliphatic rings. The van der Waals surface area contributed by atoms with Crippen molar-refractivity contribution in [3.05, 3.63) is 84.6 Å². The van der Waals surface area contributed by atoms with Gasteiger partial charge in [0, 0.05) is 38.1 Å². The molecule has 1 saturated heterocycles. The molecule has 0 spiro atoms. The number of aromatic nitrogens is 1. The summed E-state index contributed by atoms with van der Waals surface area (Å²) in [6, 6.07) is 21.6. The Morgan fingerprint density at radius 1 is 0.951 bits per heavy atom. The Hall–Kier alpha value is -4.30. The van der Waals surface area contributed by atoms with Crippen LogP contribution in [0, 0.1) is 12.3 Å². The number of piperazine rings is 1. The quantitative estimate of drug-likeness (QED) is 0.170. The van der Waals surface area contributed by atoms with Crippen LogP contribution in [0.1, 0.15) is 16.9 Å². The van der Waals surface area contributed by atoms with E-state index in [1.54, 1.807) is 66.7 Å². The van der Waals surface area contributed by atoms with E-state index in [0.29, 0.717) is 41.2 Å². The van der Waals surface area contributed by atoms with Crippen LogP contribution >= 0.6 is 0 Å². The van der Waals surface area contributed by atoms with Crippen molar-refractivity contribution in [1.29, 1.82) is 0 Å². The Bertz CT molecular complexity index is 1670. The van der Waals surface area contributed by atoms with E-state index in [1.165, 1.54) is 12.1 Å². The summed E-state index contributed by atoms with van der Waals surface area (Å²) < 4.78 is 34.6. The Labute approximate surface area is 240 Å². The van der Waals surface area contributed by atoms with Crippen molar-refractivity contribution in [3.63, 3.8) is 0 Å². The van der Waals surface area contributed by atoms with Crippen molar-refractivity contribution in [3.8, 4) is 18.1 Å². The van der Waals surface area contributed by atoms with Gasteiger partial charge in [-0.15, -0.1) is 6.42 Å². The van der Waals surface area contributed by atoms with Gasteiger partial charge in [-0.3, -0.25) is 9.69 Å². The lowest BCUT2D eigenvalue weighted by atomic mass is 10.2.